The van der Waals surface area contributed by atoms with Crippen LogP contribution in [0.2, 0.25) is 0 Å². The highest BCUT2D eigenvalue weighted by Gasteiger charge is 2.15. The number of rotatable bonds is 7. The molecule has 0 radical (unpaired) electrons. The van der Waals surface area contributed by atoms with Crippen LogP contribution in [0.5, 0.6) is 0 Å². The molecule has 4 aromatic rings. The van der Waals surface area contributed by atoms with Crippen molar-refractivity contribution in [3.63, 3.8) is 0 Å². The maximum absolute atomic E-state index is 12.7. The van der Waals surface area contributed by atoms with Gasteiger partial charge in [0.1, 0.15) is 0 Å². The Labute approximate surface area is 174 Å². The Morgan fingerprint density at radius 1 is 1.03 bits per heavy atom. The average Bonchev–Trinajstić information content (AvgIpc) is 3.15. The summed E-state index contributed by atoms with van der Waals surface area (Å²) >= 11 is 1.41. The number of carbonyl (C=O) groups is 1. The highest BCUT2D eigenvalue weighted by atomic mass is 32.2. The number of allylic oxidation sites excluding steroid dienone is 1. The van der Waals surface area contributed by atoms with Gasteiger partial charge in [-0.3, -0.25) is 9.36 Å². The van der Waals surface area contributed by atoms with Crippen molar-refractivity contribution >= 4 is 28.3 Å². The number of benzene rings is 3. The molecule has 0 N–H and O–H groups in total. The fraction of sp³-hybridized carbons (Fsp3) is 0.125. The minimum Gasteiger partial charge on any atom is -0.298 e. The van der Waals surface area contributed by atoms with Gasteiger partial charge < -0.3 is 0 Å². The number of carbonyl (C=O) groups excluding carboxylic acids is 1. The summed E-state index contributed by atoms with van der Waals surface area (Å²) in [5.74, 6) is 1.16. The second-order valence-electron chi connectivity index (χ2n) is 6.85. The SMILES string of the molecule is C=CCn1c(SCC(=O)c2ccc3ccccc3c2)nnc1-c1ccc(C)cc1. The summed E-state index contributed by atoms with van der Waals surface area (Å²) in [6, 6.07) is 22.0. The number of ketones is 1. The van der Waals surface area contributed by atoms with E-state index in [4.69, 9.17) is 0 Å². The summed E-state index contributed by atoms with van der Waals surface area (Å²) < 4.78 is 2.00. The van der Waals surface area contributed by atoms with E-state index in [0.29, 0.717) is 17.9 Å². The molecule has 29 heavy (non-hydrogen) atoms. The highest BCUT2D eigenvalue weighted by Crippen LogP contribution is 2.25. The minimum absolute atomic E-state index is 0.0748. The van der Waals surface area contributed by atoms with Gasteiger partial charge in [0.15, 0.2) is 16.8 Å². The molecule has 0 aliphatic heterocycles. The summed E-state index contributed by atoms with van der Waals surface area (Å²) in [6.07, 6.45) is 1.82. The molecule has 0 aliphatic rings. The number of nitrogens with zero attached hydrogens (tertiary/aromatic N) is 3. The average molecular weight is 400 g/mol. The van der Waals surface area contributed by atoms with Gasteiger partial charge in [-0.1, -0.05) is 84.1 Å². The van der Waals surface area contributed by atoms with Crippen molar-refractivity contribution in [1.82, 2.24) is 14.8 Å². The third-order valence-corrected chi connectivity index (χ3v) is 5.71. The molecule has 1 aromatic heterocycles. The Balaban J connectivity index is 1.54. The number of hydrogen-bond donors (Lipinski definition) is 0. The van der Waals surface area contributed by atoms with Gasteiger partial charge in [-0.2, -0.15) is 0 Å². The molecule has 5 heteroatoms. The molecule has 3 aromatic carbocycles. The van der Waals surface area contributed by atoms with Crippen molar-refractivity contribution in [3.05, 3.63) is 90.5 Å². The monoisotopic (exact) mass is 399 g/mol. The first-order chi connectivity index (χ1) is 14.2. The zero-order chi connectivity index (χ0) is 20.2. The third kappa shape index (κ3) is 4.15. The first-order valence-electron chi connectivity index (χ1n) is 9.41. The molecular formula is C24H21N3OS. The topological polar surface area (TPSA) is 47.8 Å². The predicted molar refractivity (Wildman–Crippen MR) is 119 cm³/mol. The van der Waals surface area contributed by atoms with Crippen LogP contribution in [0.25, 0.3) is 22.2 Å². The molecule has 0 atom stereocenters. The van der Waals surface area contributed by atoms with Crippen molar-refractivity contribution in [2.24, 2.45) is 0 Å². The zero-order valence-electron chi connectivity index (χ0n) is 16.2. The molecule has 0 bridgehead atoms. The van der Waals surface area contributed by atoms with E-state index in [-0.39, 0.29) is 5.78 Å². The Hall–Kier alpha value is -3.18. The number of fused-ring (bicyclic) bond motifs is 1. The largest absolute Gasteiger partial charge is 0.298 e. The normalized spacial score (nSPS) is 10.9. The molecule has 0 aliphatic carbocycles. The zero-order valence-corrected chi connectivity index (χ0v) is 17.0. The summed E-state index contributed by atoms with van der Waals surface area (Å²) in [4.78, 5) is 12.7. The molecule has 0 spiro atoms. The van der Waals surface area contributed by atoms with Crippen LogP contribution in [0.1, 0.15) is 15.9 Å². The van der Waals surface area contributed by atoms with E-state index in [1.165, 1.54) is 17.3 Å². The molecular weight excluding hydrogens is 378 g/mol. The van der Waals surface area contributed by atoms with Crippen LogP contribution in [0.4, 0.5) is 0 Å². The van der Waals surface area contributed by atoms with Crippen LogP contribution in [-0.2, 0) is 6.54 Å². The number of thioether (sulfide) groups is 1. The van der Waals surface area contributed by atoms with Crippen LogP contribution >= 0.6 is 11.8 Å². The van der Waals surface area contributed by atoms with Gasteiger partial charge in [0.2, 0.25) is 0 Å². The number of Topliss-reactive ketones (excluding diaryl/α,β-unsaturated/α-hetero) is 1. The lowest BCUT2D eigenvalue weighted by Gasteiger charge is -2.08. The van der Waals surface area contributed by atoms with Crippen LogP contribution in [0.15, 0.2) is 84.5 Å². The first-order valence-corrected chi connectivity index (χ1v) is 10.4. The molecule has 0 unspecified atom stereocenters. The van der Waals surface area contributed by atoms with Crippen LogP contribution < -0.4 is 0 Å². The number of aromatic nitrogens is 3. The van der Waals surface area contributed by atoms with Gasteiger partial charge in [0.25, 0.3) is 0 Å². The van der Waals surface area contributed by atoms with Crippen LogP contribution in [-0.4, -0.2) is 26.3 Å². The van der Waals surface area contributed by atoms with Crippen molar-refractivity contribution in [2.45, 2.75) is 18.6 Å². The summed E-state index contributed by atoms with van der Waals surface area (Å²) in [5.41, 5.74) is 2.90. The number of hydrogen-bond acceptors (Lipinski definition) is 4. The molecule has 0 amide bonds. The summed E-state index contributed by atoms with van der Waals surface area (Å²) in [5, 5.41) is 11.6. The quantitative estimate of drug-likeness (QED) is 0.232. The van der Waals surface area contributed by atoms with E-state index in [2.05, 4.69) is 35.8 Å². The van der Waals surface area contributed by atoms with Gasteiger partial charge in [-0.15, -0.1) is 16.8 Å². The van der Waals surface area contributed by atoms with E-state index < -0.39 is 0 Å². The van der Waals surface area contributed by atoms with Gasteiger partial charge >= 0.3 is 0 Å². The maximum Gasteiger partial charge on any atom is 0.192 e. The molecule has 0 saturated carbocycles. The van der Waals surface area contributed by atoms with E-state index >= 15 is 0 Å². The van der Waals surface area contributed by atoms with E-state index in [0.717, 1.165) is 27.3 Å². The van der Waals surface area contributed by atoms with Gasteiger partial charge in [0.05, 0.1) is 5.75 Å². The van der Waals surface area contributed by atoms with Gasteiger partial charge in [0, 0.05) is 17.7 Å². The van der Waals surface area contributed by atoms with E-state index in [9.17, 15) is 4.79 Å². The minimum atomic E-state index is 0.0748. The molecule has 0 fully saturated rings. The van der Waals surface area contributed by atoms with Crippen LogP contribution in [0.3, 0.4) is 0 Å². The Morgan fingerprint density at radius 2 is 1.79 bits per heavy atom. The Bertz CT molecular complexity index is 1180. The van der Waals surface area contributed by atoms with Crippen molar-refractivity contribution in [2.75, 3.05) is 5.75 Å². The third-order valence-electron chi connectivity index (χ3n) is 4.74. The smallest absolute Gasteiger partial charge is 0.192 e. The lowest BCUT2D eigenvalue weighted by Crippen LogP contribution is -2.05. The highest BCUT2D eigenvalue weighted by molar-refractivity contribution is 7.99. The summed E-state index contributed by atoms with van der Waals surface area (Å²) in [6.45, 7) is 6.48. The second-order valence-corrected chi connectivity index (χ2v) is 7.79. The predicted octanol–water partition coefficient (Wildman–Crippen LogP) is 5.57. The molecule has 1 heterocycles. The standard InChI is InChI=1S/C24H21N3OS/c1-3-14-27-23(19-10-8-17(2)9-11-19)25-26-24(27)29-16-22(28)21-13-12-18-6-4-5-7-20(18)15-21/h3-13,15H,1,14,16H2,2H3. The van der Waals surface area contributed by atoms with Crippen molar-refractivity contribution < 1.29 is 4.79 Å². The lowest BCUT2D eigenvalue weighted by molar-refractivity contribution is 0.102. The summed E-state index contributed by atoms with van der Waals surface area (Å²) in [7, 11) is 0. The first kappa shape index (κ1) is 19.2. The second kappa shape index (κ2) is 8.45. The molecule has 0 saturated heterocycles. The molecule has 144 valence electrons. The van der Waals surface area contributed by atoms with Gasteiger partial charge in [-0.05, 0) is 23.8 Å². The Kier molecular flexibility index (Phi) is 5.58. The van der Waals surface area contributed by atoms with E-state index in [1.54, 1.807) is 0 Å². The number of aryl methyl sites for hydroxylation is 1. The van der Waals surface area contributed by atoms with Crippen molar-refractivity contribution in [1.29, 1.82) is 0 Å². The van der Waals surface area contributed by atoms with Gasteiger partial charge in [-0.25, -0.2) is 0 Å². The fourth-order valence-electron chi connectivity index (χ4n) is 3.18. The van der Waals surface area contributed by atoms with E-state index in [1.807, 2.05) is 65.2 Å². The van der Waals surface area contributed by atoms with Crippen molar-refractivity contribution in [3.8, 4) is 11.4 Å². The molecule has 4 rings (SSSR count). The van der Waals surface area contributed by atoms with Crippen LogP contribution in [0, 0.1) is 6.92 Å². The fourth-order valence-corrected chi connectivity index (χ4v) is 4.02. The Morgan fingerprint density at radius 3 is 2.55 bits per heavy atom. The lowest BCUT2D eigenvalue weighted by atomic mass is 10.1. The molecule has 4 nitrogen and oxygen atoms in total. The maximum atomic E-state index is 12.7.